The summed E-state index contributed by atoms with van der Waals surface area (Å²) in [5, 5.41) is 3.19. The van der Waals surface area contributed by atoms with Crippen LogP contribution in [0.3, 0.4) is 0 Å². The summed E-state index contributed by atoms with van der Waals surface area (Å²) in [6.45, 7) is 3.63. The summed E-state index contributed by atoms with van der Waals surface area (Å²) in [5.74, 6) is 0.118. The Morgan fingerprint density at radius 1 is 1.00 bits per heavy atom. The van der Waals surface area contributed by atoms with Crippen molar-refractivity contribution in [2.24, 2.45) is 0 Å². The number of carbonyl (C=O) groups is 1. The fraction of sp³-hybridized carbons (Fsp3) is 0.211. The van der Waals surface area contributed by atoms with E-state index in [0.717, 1.165) is 28.8 Å². The highest BCUT2D eigenvalue weighted by atomic mass is 16.1. The molecule has 0 aliphatic carbocycles. The summed E-state index contributed by atoms with van der Waals surface area (Å²) >= 11 is 0. The van der Waals surface area contributed by atoms with Crippen LogP contribution in [-0.2, 0) is 4.79 Å². The van der Waals surface area contributed by atoms with Crippen molar-refractivity contribution < 1.29 is 4.79 Å². The van der Waals surface area contributed by atoms with Crippen LogP contribution in [0.5, 0.6) is 0 Å². The number of ketones is 1. The molecule has 0 aliphatic rings. The molecule has 2 aromatic rings. The van der Waals surface area contributed by atoms with Crippen LogP contribution in [0, 0.1) is 0 Å². The molecule has 0 bridgehead atoms. The van der Waals surface area contributed by atoms with Gasteiger partial charge in [-0.2, -0.15) is 0 Å². The highest BCUT2D eigenvalue weighted by molar-refractivity contribution is 6.00. The molecular formula is C19H21NO. The fourth-order valence-corrected chi connectivity index (χ4v) is 2.56. The van der Waals surface area contributed by atoms with Crippen molar-refractivity contribution in [2.45, 2.75) is 20.3 Å². The van der Waals surface area contributed by atoms with E-state index in [-0.39, 0.29) is 5.78 Å². The van der Waals surface area contributed by atoms with Gasteiger partial charge in [0.15, 0.2) is 5.78 Å². The topological polar surface area (TPSA) is 29.1 Å². The summed E-state index contributed by atoms with van der Waals surface area (Å²) in [6.07, 6.45) is 0.723. The molecule has 21 heavy (non-hydrogen) atoms. The Labute approximate surface area is 126 Å². The molecule has 0 aromatic heterocycles. The minimum absolute atomic E-state index is 0.118. The second-order valence-corrected chi connectivity index (χ2v) is 4.96. The van der Waals surface area contributed by atoms with Gasteiger partial charge in [0.25, 0.3) is 0 Å². The zero-order valence-corrected chi connectivity index (χ0v) is 12.8. The molecular weight excluding hydrogens is 258 g/mol. The second kappa shape index (κ2) is 6.89. The molecule has 0 amide bonds. The van der Waals surface area contributed by atoms with Crippen LogP contribution in [-0.4, -0.2) is 12.8 Å². The van der Waals surface area contributed by atoms with Gasteiger partial charge < -0.3 is 5.32 Å². The molecule has 2 heteroatoms. The molecule has 1 N–H and O–H groups in total. The second-order valence-electron chi connectivity index (χ2n) is 4.96. The van der Waals surface area contributed by atoms with Crippen molar-refractivity contribution in [1.29, 1.82) is 0 Å². The highest BCUT2D eigenvalue weighted by Crippen LogP contribution is 2.25. The number of nitrogens with one attached hydrogen (secondary N) is 1. The molecule has 0 heterocycles. The molecule has 2 aromatic carbocycles. The summed E-state index contributed by atoms with van der Waals surface area (Å²) in [7, 11) is 1.86. The van der Waals surface area contributed by atoms with Gasteiger partial charge in [0.05, 0.1) is 0 Å². The molecule has 0 saturated heterocycles. The van der Waals surface area contributed by atoms with E-state index < -0.39 is 0 Å². The van der Waals surface area contributed by atoms with Crippen molar-refractivity contribution in [2.75, 3.05) is 7.05 Å². The lowest BCUT2D eigenvalue weighted by Gasteiger charge is -2.13. The van der Waals surface area contributed by atoms with Gasteiger partial charge in [-0.3, -0.25) is 4.79 Å². The van der Waals surface area contributed by atoms with Crippen LogP contribution >= 0.6 is 0 Å². The largest absolute Gasteiger partial charge is 0.387 e. The normalized spacial score (nSPS) is 11.8. The molecule has 2 rings (SSSR count). The lowest BCUT2D eigenvalue weighted by molar-refractivity contribution is -0.113. The van der Waals surface area contributed by atoms with Crippen LogP contribution in [0.2, 0.25) is 0 Å². The number of rotatable bonds is 5. The maximum Gasteiger partial charge on any atom is 0.157 e. The SMILES string of the molecule is CC/C(C(C)=O)=C(/NC)c1cccc(-c2ccccc2)c1. The van der Waals surface area contributed by atoms with Gasteiger partial charge in [-0.1, -0.05) is 55.5 Å². The molecule has 2 nitrogen and oxygen atoms in total. The lowest BCUT2D eigenvalue weighted by atomic mass is 9.97. The van der Waals surface area contributed by atoms with E-state index in [4.69, 9.17) is 0 Å². The van der Waals surface area contributed by atoms with E-state index in [1.807, 2.05) is 44.3 Å². The fourth-order valence-electron chi connectivity index (χ4n) is 2.56. The summed E-state index contributed by atoms with van der Waals surface area (Å²) in [5.41, 5.74) is 5.13. The smallest absolute Gasteiger partial charge is 0.157 e. The first-order chi connectivity index (χ1) is 10.2. The zero-order valence-electron chi connectivity index (χ0n) is 12.8. The Balaban J connectivity index is 2.52. The van der Waals surface area contributed by atoms with E-state index in [9.17, 15) is 4.79 Å². The first-order valence-corrected chi connectivity index (χ1v) is 7.25. The van der Waals surface area contributed by atoms with Crippen LogP contribution in [0.15, 0.2) is 60.2 Å². The van der Waals surface area contributed by atoms with E-state index in [2.05, 4.69) is 29.6 Å². The quantitative estimate of drug-likeness (QED) is 0.827. The summed E-state index contributed by atoms with van der Waals surface area (Å²) < 4.78 is 0. The van der Waals surface area contributed by atoms with Gasteiger partial charge in [-0.25, -0.2) is 0 Å². The Morgan fingerprint density at radius 3 is 2.24 bits per heavy atom. The number of hydrogen-bond acceptors (Lipinski definition) is 2. The minimum atomic E-state index is 0.118. The predicted molar refractivity (Wildman–Crippen MR) is 88.8 cm³/mol. The van der Waals surface area contributed by atoms with Crippen molar-refractivity contribution in [3.8, 4) is 11.1 Å². The number of carbonyl (C=O) groups excluding carboxylic acids is 1. The average Bonchev–Trinajstić information content (AvgIpc) is 2.53. The van der Waals surface area contributed by atoms with Gasteiger partial charge in [-0.15, -0.1) is 0 Å². The molecule has 0 unspecified atom stereocenters. The Morgan fingerprint density at radius 2 is 1.67 bits per heavy atom. The molecule has 0 radical (unpaired) electrons. The Hall–Kier alpha value is -2.35. The number of allylic oxidation sites excluding steroid dienone is 1. The van der Waals surface area contributed by atoms with Gasteiger partial charge in [0.2, 0.25) is 0 Å². The molecule has 0 atom stereocenters. The first-order valence-electron chi connectivity index (χ1n) is 7.25. The zero-order chi connectivity index (χ0) is 15.2. The van der Waals surface area contributed by atoms with Gasteiger partial charge in [0.1, 0.15) is 0 Å². The predicted octanol–water partition coefficient (Wildman–Crippen LogP) is 4.28. The maximum atomic E-state index is 11.8. The number of benzene rings is 2. The van der Waals surface area contributed by atoms with Crippen molar-refractivity contribution in [3.05, 3.63) is 65.7 Å². The van der Waals surface area contributed by atoms with E-state index in [0.29, 0.717) is 0 Å². The average molecular weight is 279 g/mol. The molecule has 108 valence electrons. The van der Waals surface area contributed by atoms with Crippen molar-refractivity contribution >= 4 is 11.5 Å². The third-order valence-corrected chi connectivity index (χ3v) is 3.59. The third-order valence-electron chi connectivity index (χ3n) is 3.59. The molecule has 0 saturated carbocycles. The number of hydrogen-bond donors (Lipinski definition) is 1. The standard InChI is InChI=1S/C19H21NO/c1-4-18(14(2)21)19(20-3)17-12-8-11-16(13-17)15-9-6-5-7-10-15/h5-13,20H,4H2,1-3H3/b19-18-. The van der Waals surface area contributed by atoms with Crippen LogP contribution < -0.4 is 5.32 Å². The first kappa shape index (κ1) is 15.0. The van der Waals surface area contributed by atoms with Gasteiger partial charge in [-0.05, 0) is 36.1 Å². The maximum absolute atomic E-state index is 11.8. The van der Waals surface area contributed by atoms with Crippen molar-refractivity contribution in [3.63, 3.8) is 0 Å². The summed E-state index contributed by atoms with van der Waals surface area (Å²) in [6, 6.07) is 18.5. The minimum Gasteiger partial charge on any atom is -0.387 e. The molecule has 0 aliphatic heterocycles. The Bertz CT molecular complexity index is 656. The third kappa shape index (κ3) is 3.40. The Kier molecular flexibility index (Phi) is 4.94. The monoisotopic (exact) mass is 279 g/mol. The van der Waals surface area contributed by atoms with Crippen LogP contribution in [0.1, 0.15) is 25.8 Å². The van der Waals surface area contributed by atoms with Crippen LogP contribution in [0.4, 0.5) is 0 Å². The van der Waals surface area contributed by atoms with E-state index in [1.54, 1.807) is 6.92 Å². The highest BCUT2D eigenvalue weighted by Gasteiger charge is 2.11. The number of Topliss-reactive ketones (excluding diaryl/α,β-unsaturated/α-hetero) is 1. The van der Waals surface area contributed by atoms with Gasteiger partial charge in [0, 0.05) is 18.3 Å². The van der Waals surface area contributed by atoms with Gasteiger partial charge >= 0.3 is 0 Å². The summed E-state index contributed by atoms with van der Waals surface area (Å²) in [4.78, 5) is 11.8. The lowest BCUT2D eigenvalue weighted by Crippen LogP contribution is -2.12. The molecule has 0 fully saturated rings. The van der Waals surface area contributed by atoms with Crippen LogP contribution in [0.25, 0.3) is 16.8 Å². The molecule has 0 spiro atoms. The van der Waals surface area contributed by atoms with Crippen molar-refractivity contribution in [1.82, 2.24) is 5.32 Å². The van der Waals surface area contributed by atoms with E-state index >= 15 is 0 Å². The van der Waals surface area contributed by atoms with E-state index in [1.165, 1.54) is 5.56 Å².